The highest BCUT2D eigenvalue weighted by molar-refractivity contribution is 7.92. The Morgan fingerprint density at radius 2 is 1.79 bits per heavy atom. The van der Waals surface area contributed by atoms with Crippen molar-refractivity contribution in [2.75, 3.05) is 30.1 Å². The lowest BCUT2D eigenvalue weighted by molar-refractivity contribution is -0.114. The van der Waals surface area contributed by atoms with Crippen LogP contribution in [0.2, 0.25) is 5.02 Å². The molecule has 8 nitrogen and oxygen atoms in total. The van der Waals surface area contributed by atoms with Crippen LogP contribution in [0.4, 0.5) is 11.4 Å². The van der Waals surface area contributed by atoms with Crippen molar-refractivity contribution in [3.63, 3.8) is 0 Å². The quantitative estimate of drug-likeness (QED) is 0.535. The number of amides is 1. The maximum atomic E-state index is 13.5. The van der Waals surface area contributed by atoms with Crippen molar-refractivity contribution in [3.8, 4) is 17.2 Å². The summed E-state index contributed by atoms with van der Waals surface area (Å²) >= 11 is 6.24. The third-order valence-electron chi connectivity index (χ3n) is 4.98. The van der Waals surface area contributed by atoms with Gasteiger partial charge < -0.3 is 19.5 Å². The minimum Gasteiger partial charge on any atom is -0.495 e. The first-order chi connectivity index (χ1) is 15.8. The van der Waals surface area contributed by atoms with Gasteiger partial charge in [0.15, 0.2) is 11.5 Å². The molecule has 33 heavy (non-hydrogen) atoms. The summed E-state index contributed by atoms with van der Waals surface area (Å²) in [4.78, 5) is 12.9. The average molecular weight is 489 g/mol. The van der Waals surface area contributed by atoms with E-state index in [1.165, 1.54) is 31.4 Å². The molecule has 0 fully saturated rings. The van der Waals surface area contributed by atoms with E-state index < -0.39 is 22.5 Å². The van der Waals surface area contributed by atoms with Crippen LogP contribution in [0, 0.1) is 6.92 Å². The van der Waals surface area contributed by atoms with Crippen LogP contribution < -0.4 is 23.8 Å². The van der Waals surface area contributed by atoms with Crippen LogP contribution in [0.5, 0.6) is 17.2 Å². The average Bonchev–Trinajstić information content (AvgIpc) is 3.25. The summed E-state index contributed by atoms with van der Waals surface area (Å²) in [6.07, 6.45) is 0. The Morgan fingerprint density at radius 3 is 2.48 bits per heavy atom. The fraction of sp³-hybridized carbons (Fsp3) is 0.174. The largest absolute Gasteiger partial charge is 0.495 e. The van der Waals surface area contributed by atoms with Gasteiger partial charge in [-0.15, -0.1) is 0 Å². The number of aryl methyl sites for hydroxylation is 1. The highest BCUT2D eigenvalue weighted by Crippen LogP contribution is 2.35. The second-order valence-corrected chi connectivity index (χ2v) is 9.53. The van der Waals surface area contributed by atoms with E-state index in [0.717, 1.165) is 9.87 Å². The highest BCUT2D eigenvalue weighted by Gasteiger charge is 2.28. The molecule has 10 heteroatoms. The summed E-state index contributed by atoms with van der Waals surface area (Å²) in [6, 6.07) is 15.8. The summed E-state index contributed by atoms with van der Waals surface area (Å²) < 4.78 is 43.7. The minimum atomic E-state index is -4.08. The van der Waals surface area contributed by atoms with Gasteiger partial charge in [-0.1, -0.05) is 29.3 Å². The van der Waals surface area contributed by atoms with E-state index in [0.29, 0.717) is 22.9 Å². The maximum absolute atomic E-state index is 13.5. The standard InChI is InChI=1S/C23H21ClN2O6S/c1-15-3-7-18(8-4-15)33(28,29)26(17-6-10-20(30-2)19(24)12-17)13-23(27)25-16-5-9-21-22(11-16)32-14-31-21/h3-12H,13-14H2,1-2H3,(H,25,27). The van der Waals surface area contributed by atoms with E-state index >= 15 is 0 Å². The lowest BCUT2D eigenvalue weighted by Crippen LogP contribution is -2.38. The van der Waals surface area contributed by atoms with Crippen molar-refractivity contribution < 1.29 is 27.4 Å². The lowest BCUT2D eigenvalue weighted by Gasteiger charge is -2.24. The van der Waals surface area contributed by atoms with Crippen molar-refractivity contribution >= 4 is 38.9 Å². The van der Waals surface area contributed by atoms with Crippen LogP contribution in [0.15, 0.2) is 65.6 Å². The molecule has 1 amide bonds. The molecule has 3 aromatic rings. The Labute approximate surface area is 196 Å². The molecule has 0 unspecified atom stereocenters. The van der Waals surface area contributed by atoms with E-state index in [9.17, 15) is 13.2 Å². The van der Waals surface area contributed by atoms with E-state index in [1.54, 1.807) is 36.4 Å². The molecule has 0 aliphatic carbocycles. The Kier molecular flexibility index (Phi) is 6.35. The van der Waals surface area contributed by atoms with Crippen LogP contribution in [0.3, 0.4) is 0 Å². The second-order valence-electron chi connectivity index (χ2n) is 7.26. The third-order valence-corrected chi connectivity index (χ3v) is 7.06. The Bertz CT molecular complexity index is 1290. The van der Waals surface area contributed by atoms with Crippen LogP contribution >= 0.6 is 11.6 Å². The monoisotopic (exact) mass is 488 g/mol. The first-order valence-corrected chi connectivity index (χ1v) is 11.7. The number of anilines is 2. The van der Waals surface area contributed by atoms with Gasteiger partial charge in [-0.2, -0.15) is 0 Å². The molecule has 1 aliphatic heterocycles. The topological polar surface area (TPSA) is 94.2 Å². The van der Waals surface area contributed by atoms with Crippen LogP contribution in [0.1, 0.15) is 5.56 Å². The number of benzene rings is 3. The summed E-state index contributed by atoms with van der Waals surface area (Å²) in [5, 5.41) is 2.92. The van der Waals surface area contributed by atoms with E-state index in [4.69, 9.17) is 25.8 Å². The second kappa shape index (κ2) is 9.21. The first kappa shape index (κ1) is 22.8. The van der Waals surface area contributed by atoms with Gasteiger partial charge in [-0.3, -0.25) is 9.10 Å². The van der Waals surface area contributed by atoms with Gasteiger partial charge in [0, 0.05) is 11.8 Å². The number of hydrogen-bond acceptors (Lipinski definition) is 6. The SMILES string of the molecule is COc1ccc(N(CC(=O)Nc2ccc3c(c2)OCO3)S(=O)(=O)c2ccc(C)cc2)cc1Cl. The smallest absolute Gasteiger partial charge is 0.264 e. The van der Waals surface area contributed by atoms with Crippen molar-refractivity contribution in [2.24, 2.45) is 0 Å². The van der Waals surface area contributed by atoms with E-state index in [1.807, 2.05) is 6.92 Å². The number of carbonyl (C=O) groups is 1. The summed E-state index contributed by atoms with van der Waals surface area (Å²) in [6.45, 7) is 1.48. The number of rotatable bonds is 7. The van der Waals surface area contributed by atoms with Crippen molar-refractivity contribution in [2.45, 2.75) is 11.8 Å². The lowest BCUT2D eigenvalue weighted by atomic mass is 10.2. The van der Waals surface area contributed by atoms with Crippen LogP contribution in [-0.4, -0.2) is 34.8 Å². The molecule has 1 heterocycles. The molecular weight excluding hydrogens is 468 g/mol. The van der Waals surface area contributed by atoms with Crippen LogP contribution in [0.25, 0.3) is 0 Å². The molecular formula is C23H21ClN2O6S. The van der Waals surface area contributed by atoms with E-state index in [2.05, 4.69) is 5.32 Å². The number of carbonyl (C=O) groups excluding carboxylic acids is 1. The zero-order valence-electron chi connectivity index (χ0n) is 17.9. The van der Waals surface area contributed by atoms with Crippen molar-refractivity contribution in [1.82, 2.24) is 0 Å². The molecule has 3 aromatic carbocycles. The molecule has 0 spiro atoms. The van der Waals surface area contributed by atoms with Crippen LogP contribution in [-0.2, 0) is 14.8 Å². The summed E-state index contributed by atoms with van der Waals surface area (Å²) in [5.41, 5.74) is 1.58. The maximum Gasteiger partial charge on any atom is 0.264 e. The number of methoxy groups -OCH3 is 1. The predicted molar refractivity (Wildman–Crippen MR) is 125 cm³/mol. The molecule has 4 rings (SSSR count). The molecule has 0 saturated heterocycles. The van der Waals surface area contributed by atoms with Gasteiger partial charge in [0.25, 0.3) is 10.0 Å². The molecule has 0 radical (unpaired) electrons. The van der Waals surface area contributed by atoms with Gasteiger partial charge in [0.05, 0.1) is 22.7 Å². The van der Waals surface area contributed by atoms with Crippen molar-refractivity contribution in [3.05, 3.63) is 71.2 Å². The Hall–Kier alpha value is -3.43. The van der Waals surface area contributed by atoms with Gasteiger partial charge >= 0.3 is 0 Å². The molecule has 172 valence electrons. The fourth-order valence-electron chi connectivity index (χ4n) is 3.27. The first-order valence-electron chi connectivity index (χ1n) is 9.90. The van der Waals surface area contributed by atoms with Gasteiger partial charge in [-0.05, 0) is 49.4 Å². The number of nitrogens with one attached hydrogen (secondary N) is 1. The summed E-state index contributed by atoms with van der Waals surface area (Å²) in [5.74, 6) is 0.915. The Morgan fingerprint density at radius 1 is 1.06 bits per heavy atom. The van der Waals surface area contributed by atoms with E-state index in [-0.39, 0.29) is 22.4 Å². The number of ether oxygens (including phenoxy) is 3. The molecule has 0 aromatic heterocycles. The molecule has 0 saturated carbocycles. The number of sulfonamides is 1. The minimum absolute atomic E-state index is 0.0518. The van der Waals surface area contributed by atoms with Crippen molar-refractivity contribution in [1.29, 1.82) is 0 Å². The van der Waals surface area contributed by atoms with Gasteiger partial charge in [0.2, 0.25) is 12.7 Å². The number of hydrogen-bond donors (Lipinski definition) is 1. The normalized spacial score (nSPS) is 12.3. The van der Waals surface area contributed by atoms with Gasteiger partial charge in [-0.25, -0.2) is 8.42 Å². The predicted octanol–water partition coefficient (Wildman–Crippen LogP) is 4.22. The number of fused-ring (bicyclic) bond motifs is 1. The fourth-order valence-corrected chi connectivity index (χ4v) is 4.93. The molecule has 0 bridgehead atoms. The van der Waals surface area contributed by atoms with Gasteiger partial charge in [0.1, 0.15) is 12.3 Å². The number of halogens is 1. The molecule has 1 aliphatic rings. The number of nitrogens with zero attached hydrogens (tertiary/aromatic N) is 1. The summed E-state index contributed by atoms with van der Waals surface area (Å²) in [7, 11) is -2.62. The third kappa shape index (κ3) is 4.84. The Balaban J connectivity index is 1.65. The zero-order valence-corrected chi connectivity index (χ0v) is 19.4. The zero-order chi connectivity index (χ0) is 23.6. The highest BCUT2D eigenvalue weighted by atomic mass is 35.5. The molecule has 0 atom stereocenters. The molecule has 1 N–H and O–H groups in total.